The lowest BCUT2D eigenvalue weighted by molar-refractivity contribution is -0.139. The summed E-state index contributed by atoms with van der Waals surface area (Å²) in [6.45, 7) is 2.81. The number of carbonyl (C=O) groups is 1. The fraction of sp³-hybridized carbons (Fsp3) is 0.750. The zero-order chi connectivity index (χ0) is 13.0. The standard InChI is InChI=1S/C12H19N3O3/c1-3-10-13-12(18-14-10)9-6-4-5-7-15(9)11(16)8-17-2/h9H,3-8H2,1-2H3. The second kappa shape index (κ2) is 5.95. The monoisotopic (exact) mass is 253 g/mol. The third-order valence-electron chi connectivity index (χ3n) is 3.18. The first-order valence-electron chi connectivity index (χ1n) is 6.37. The average Bonchev–Trinajstić information content (AvgIpc) is 2.87. The Kier molecular flexibility index (Phi) is 4.30. The number of aryl methyl sites for hydroxylation is 1. The molecule has 1 aliphatic heterocycles. The summed E-state index contributed by atoms with van der Waals surface area (Å²) in [5.74, 6) is 1.23. The first-order chi connectivity index (χ1) is 8.76. The van der Waals surface area contributed by atoms with Gasteiger partial charge >= 0.3 is 0 Å². The highest BCUT2D eigenvalue weighted by atomic mass is 16.5. The molecule has 100 valence electrons. The van der Waals surface area contributed by atoms with E-state index in [1.807, 2.05) is 6.92 Å². The van der Waals surface area contributed by atoms with Gasteiger partial charge in [-0.05, 0) is 19.3 Å². The number of likely N-dealkylation sites (tertiary alicyclic amines) is 1. The number of methoxy groups -OCH3 is 1. The van der Waals surface area contributed by atoms with Gasteiger partial charge in [-0.1, -0.05) is 12.1 Å². The first kappa shape index (κ1) is 13.0. The van der Waals surface area contributed by atoms with Crippen LogP contribution in [0.3, 0.4) is 0 Å². The van der Waals surface area contributed by atoms with Gasteiger partial charge in [0.25, 0.3) is 0 Å². The van der Waals surface area contributed by atoms with E-state index in [1.54, 1.807) is 4.90 Å². The maximum absolute atomic E-state index is 12.0. The van der Waals surface area contributed by atoms with E-state index in [0.717, 1.165) is 32.2 Å². The predicted octanol–water partition coefficient (Wildman–Crippen LogP) is 1.33. The minimum Gasteiger partial charge on any atom is -0.375 e. The Labute approximate surface area is 106 Å². The van der Waals surface area contributed by atoms with Crippen molar-refractivity contribution in [2.24, 2.45) is 0 Å². The predicted molar refractivity (Wildman–Crippen MR) is 63.9 cm³/mol. The summed E-state index contributed by atoms with van der Waals surface area (Å²) in [5, 5.41) is 3.89. The summed E-state index contributed by atoms with van der Waals surface area (Å²) in [6.07, 6.45) is 3.70. The smallest absolute Gasteiger partial charge is 0.249 e. The maximum atomic E-state index is 12.0. The van der Waals surface area contributed by atoms with Crippen molar-refractivity contribution in [3.8, 4) is 0 Å². The molecule has 2 rings (SSSR count). The molecule has 1 amide bonds. The molecule has 2 heterocycles. The summed E-state index contributed by atoms with van der Waals surface area (Å²) < 4.78 is 10.2. The topological polar surface area (TPSA) is 68.5 Å². The van der Waals surface area contributed by atoms with Crippen LogP contribution in [0.15, 0.2) is 4.52 Å². The van der Waals surface area contributed by atoms with Gasteiger partial charge in [-0.15, -0.1) is 0 Å². The summed E-state index contributed by atoms with van der Waals surface area (Å²) in [6, 6.07) is -0.0887. The van der Waals surface area contributed by atoms with Crippen LogP contribution < -0.4 is 0 Å². The van der Waals surface area contributed by atoms with Crippen molar-refractivity contribution in [1.29, 1.82) is 0 Å². The number of hydrogen-bond donors (Lipinski definition) is 0. The van der Waals surface area contributed by atoms with Gasteiger partial charge in [-0.2, -0.15) is 4.98 Å². The van der Waals surface area contributed by atoms with E-state index in [9.17, 15) is 4.79 Å². The van der Waals surface area contributed by atoms with Crippen LogP contribution in [-0.2, 0) is 16.0 Å². The minimum absolute atomic E-state index is 0.0153. The number of ether oxygens (including phenoxy) is 1. The van der Waals surface area contributed by atoms with Crippen LogP contribution in [-0.4, -0.2) is 41.2 Å². The summed E-state index contributed by atoms with van der Waals surface area (Å²) in [7, 11) is 1.53. The Morgan fingerprint density at radius 3 is 3.06 bits per heavy atom. The quantitative estimate of drug-likeness (QED) is 0.809. The molecule has 1 unspecified atom stereocenters. The molecule has 1 atom stereocenters. The van der Waals surface area contributed by atoms with Crippen LogP contribution in [0.25, 0.3) is 0 Å². The second-order valence-electron chi connectivity index (χ2n) is 4.43. The Hall–Kier alpha value is -1.43. The van der Waals surface area contributed by atoms with Gasteiger partial charge < -0.3 is 14.2 Å². The Bertz CT molecular complexity index is 405. The summed E-state index contributed by atoms with van der Waals surface area (Å²) >= 11 is 0. The zero-order valence-corrected chi connectivity index (χ0v) is 10.9. The Morgan fingerprint density at radius 1 is 1.56 bits per heavy atom. The number of amides is 1. The third kappa shape index (κ3) is 2.69. The number of carbonyl (C=O) groups excluding carboxylic acids is 1. The molecular formula is C12H19N3O3. The molecule has 0 radical (unpaired) electrons. The molecule has 1 aliphatic rings. The highest BCUT2D eigenvalue weighted by Crippen LogP contribution is 2.29. The Balaban J connectivity index is 2.14. The van der Waals surface area contributed by atoms with E-state index in [4.69, 9.17) is 9.26 Å². The lowest BCUT2D eigenvalue weighted by atomic mass is 10.0. The molecule has 1 saturated heterocycles. The molecule has 6 nitrogen and oxygen atoms in total. The number of rotatable bonds is 4. The third-order valence-corrected chi connectivity index (χ3v) is 3.18. The molecule has 6 heteroatoms. The van der Waals surface area contributed by atoms with Crippen molar-refractivity contribution >= 4 is 5.91 Å². The van der Waals surface area contributed by atoms with Crippen LogP contribution in [0.2, 0.25) is 0 Å². The van der Waals surface area contributed by atoms with Crippen molar-refractivity contribution < 1.29 is 14.1 Å². The van der Waals surface area contributed by atoms with Crippen LogP contribution >= 0.6 is 0 Å². The fourth-order valence-electron chi connectivity index (χ4n) is 2.24. The number of aromatic nitrogens is 2. The van der Waals surface area contributed by atoms with Crippen LogP contribution in [0.5, 0.6) is 0 Å². The van der Waals surface area contributed by atoms with E-state index >= 15 is 0 Å². The molecule has 0 aromatic carbocycles. The minimum atomic E-state index is -0.0887. The molecule has 0 N–H and O–H groups in total. The van der Waals surface area contributed by atoms with Gasteiger partial charge in [0.15, 0.2) is 5.82 Å². The van der Waals surface area contributed by atoms with Gasteiger partial charge in [-0.25, -0.2) is 0 Å². The van der Waals surface area contributed by atoms with Gasteiger partial charge in [0.1, 0.15) is 12.6 Å². The van der Waals surface area contributed by atoms with Crippen molar-refractivity contribution in [3.05, 3.63) is 11.7 Å². The van der Waals surface area contributed by atoms with E-state index in [-0.39, 0.29) is 18.6 Å². The van der Waals surface area contributed by atoms with E-state index in [2.05, 4.69) is 10.1 Å². The van der Waals surface area contributed by atoms with Crippen molar-refractivity contribution in [3.63, 3.8) is 0 Å². The van der Waals surface area contributed by atoms with Gasteiger partial charge in [0.05, 0.1) is 0 Å². The summed E-state index contributed by atoms with van der Waals surface area (Å²) in [4.78, 5) is 18.1. The van der Waals surface area contributed by atoms with Crippen LogP contribution in [0.1, 0.15) is 43.9 Å². The zero-order valence-electron chi connectivity index (χ0n) is 10.9. The lowest BCUT2D eigenvalue weighted by Crippen LogP contribution is -2.40. The van der Waals surface area contributed by atoms with E-state index in [1.165, 1.54) is 7.11 Å². The molecule has 0 saturated carbocycles. The largest absolute Gasteiger partial charge is 0.375 e. The van der Waals surface area contributed by atoms with Crippen molar-refractivity contribution in [2.45, 2.75) is 38.6 Å². The average molecular weight is 253 g/mol. The molecule has 1 aromatic rings. The van der Waals surface area contributed by atoms with Crippen LogP contribution in [0, 0.1) is 0 Å². The summed E-state index contributed by atoms with van der Waals surface area (Å²) in [5.41, 5.74) is 0. The van der Waals surface area contributed by atoms with Gasteiger partial charge in [0, 0.05) is 20.1 Å². The van der Waals surface area contributed by atoms with Crippen LogP contribution in [0.4, 0.5) is 0 Å². The fourth-order valence-corrected chi connectivity index (χ4v) is 2.24. The molecule has 1 fully saturated rings. The highest BCUT2D eigenvalue weighted by Gasteiger charge is 2.31. The van der Waals surface area contributed by atoms with Gasteiger partial charge in [-0.3, -0.25) is 4.79 Å². The molecular weight excluding hydrogens is 234 g/mol. The second-order valence-corrected chi connectivity index (χ2v) is 4.43. The highest BCUT2D eigenvalue weighted by molar-refractivity contribution is 5.77. The SMILES string of the molecule is CCc1noc(C2CCCCN2C(=O)COC)n1. The van der Waals surface area contributed by atoms with E-state index in [0.29, 0.717) is 11.7 Å². The maximum Gasteiger partial charge on any atom is 0.249 e. The number of piperidine rings is 1. The number of nitrogens with zero attached hydrogens (tertiary/aromatic N) is 3. The van der Waals surface area contributed by atoms with Crippen molar-refractivity contribution in [1.82, 2.24) is 15.0 Å². The molecule has 0 bridgehead atoms. The molecule has 1 aromatic heterocycles. The first-order valence-corrected chi connectivity index (χ1v) is 6.37. The number of hydrogen-bond acceptors (Lipinski definition) is 5. The molecule has 18 heavy (non-hydrogen) atoms. The van der Waals surface area contributed by atoms with E-state index < -0.39 is 0 Å². The Morgan fingerprint density at radius 2 is 2.39 bits per heavy atom. The van der Waals surface area contributed by atoms with Crippen molar-refractivity contribution in [2.75, 3.05) is 20.3 Å². The van der Waals surface area contributed by atoms with Gasteiger partial charge in [0.2, 0.25) is 11.8 Å². The molecule has 0 aliphatic carbocycles. The molecule has 0 spiro atoms. The normalized spacial score (nSPS) is 20.1. The lowest BCUT2D eigenvalue weighted by Gasteiger charge is -2.33.